The third-order valence-electron chi connectivity index (χ3n) is 11.7. The number of piperazine rings is 1. The SMILES string of the molecule is [2H]C1([2H])N(CC2CCN(c3ccc(Nc4ncc5cc(C(=O)N(C)C)n(C6CCCC6)c5n4)nc3)CC2)C([2H])([2H])C([2H])([2H])N(c2ccc3c(c2F)C(=O)N(C2CCC(=O)NC2=O)C3=O)C1([2H])[2H]. The minimum Gasteiger partial charge on any atom is -0.370 e. The molecule has 1 unspecified atom stereocenters. The van der Waals surface area contributed by atoms with Gasteiger partial charge in [0.25, 0.3) is 17.7 Å². The monoisotopic (exact) mass is 813 g/mol. The summed E-state index contributed by atoms with van der Waals surface area (Å²) in [4.78, 5) is 82.7. The van der Waals surface area contributed by atoms with Crippen molar-refractivity contribution in [2.75, 3.05) is 74.8 Å². The summed E-state index contributed by atoms with van der Waals surface area (Å²) in [5.41, 5.74) is -0.440. The first kappa shape index (κ1) is 30.1. The van der Waals surface area contributed by atoms with Crippen molar-refractivity contribution in [1.29, 1.82) is 0 Å². The van der Waals surface area contributed by atoms with Crippen molar-refractivity contribution < 1.29 is 39.3 Å². The second-order valence-electron chi connectivity index (χ2n) is 15.6. The molecule has 59 heavy (non-hydrogen) atoms. The largest absolute Gasteiger partial charge is 0.370 e. The molecular formula is C42H48FN11O5. The fourth-order valence-corrected chi connectivity index (χ4v) is 8.56. The summed E-state index contributed by atoms with van der Waals surface area (Å²) in [6, 6.07) is 5.87. The van der Waals surface area contributed by atoms with E-state index in [1.54, 1.807) is 37.5 Å². The van der Waals surface area contributed by atoms with Crippen LogP contribution in [-0.2, 0) is 9.59 Å². The maximum atomic E-state index is 16.6. The number of hydrogen-bond donors (Lipinski definition) is 2. The number of rotatable bonds is 9. The molecule has 3 aromatic heterocycles. The van der Waals surface area contributed by atoms with Gasteiger partial charge in [0.1, 0.15) is 23.2 Å². The zero-order chi connectivity index (χ0) is 48.1. The van der Waals surface area contributed by atoms with Gasteiger partial charge in [0.2, 0.25) is 17.8 Å². The predicted octanol–water partition coefficient (Wildman–Crippen LogP) is 3.97. The Morgan fingerprint density at radius 1 is 0.932 bits per heavy atom. The molecule has 16 nitrogen and oxygen atoms in total. The van der Waals surface area contributed by atoms with Crippen LogP contribution < -0.4 is 20.4 Å². The van der Waals surface area contributed by atoms with Gasteiger partial charge in [0.15, 0.2) is 5.82 Å². The lowest BCUT2D eigenvalue weighted by molar-refractivity contribution is -0.136. The second-order valence-corrected chi connectivity index (χ2v) is 15.6. The molecule has 2 N–H and O–H groups in total. The number of imide groups is 2. The van der Waals surface area contributed by atoms with E-state index < -0.39 is 90.8 Å². The molecule has 1 aliphatic carbocycles. The molecule has 308 valence electrons. The Labute approximate surface area is 352 Å². The van der Waals surface area contributed by atoms with Gasteiger partial charge in [-0.15, -0.1) is 0 Å². The predicted molar refractivity (Wildman–Crippen MR) is 217 cm³/mol. The number of nitrogens with one attached hydrogen (secondary N) is 2. The third-order valence-corrected chi connectivity index (χ3v) is 11.7. The van der Waals surface area contributed by atoms with Crippen LogP contribution in [0.5, 0.6) is 0 Å². The summed E-state index contributed by atoms with van der Waals surface area (Å²) < 4.78 is 90.6. The van der Waals surface area contributed by atoms with Crippen molar-refractivity contribution in [2.24, 2.45) is 5.92 Å². The van der Waals surface area contributed by atoms with Gasteiger partial charge in [0, 0.05) is 89.2 Å². The minimum absolute atomic E-state index is 0.00969. The van der Waals surface area contributed by atoms with E-state index in [0.29, 0.717) is 58.8 Å². The average Bonchev–Trinajstić information content (AvgIpc) is 4.00. The molecule has 1 aromatic carbocycles. The van der Waals surface area contributed by atoms with Crippen LogP contribution in [0.3, 0.4) is 0 Å². The summed E-state index contributed by atoms with van der Waals surface area (Å²) in [6.45, 7) is -13.1. The van der Waals surface area contributed by atoms with Crippen LogP contribution in [0.1, 0.15) is 99.6 Å². The number of fused-ring (bicyclic) bond motifs is 2. The van der Waals surface area contributed by atoms with E-state index in [-0.39, 0.29) is 29.7 Å². The molecule has 4 aromatic rings. The van der Waals surface area contributed by atoms with Gasteiger partial charge in [-0.2, -0.15) is 4.98 Å². The van der Waals surface area contributed by atoms with Gasteiger partial charge < -0.3 is 24.6 Å². The number of carbonyl (C=O) groups is 5. The molecule has 7 heterocycles. The lowest BCUT2D eigenvalue weighted by Gasteiger charge is -2.40. The third kappa shape index (κ3) is 7.25. The molecule has 17 heteroatoms. The highest BCUT2D eigenvalue weighted by atomic mass is 19.1. The summed E-state index contributed by atoms with van der Waals surface area (Å²) in [5.74, 6) is -5.29. The summed E-state index contributed by atoms with van der Waals surface area (Å²) in [7, 11) is 3.44. The highest BCUT2D eigenvalue weighted by molar-refractivity contribution is 6.24. The smallest absolute Gasteiger partial charge is 0.270 e. The number of piperidine rings is 2. The zero-order valence-electron chi connectivity index (χ0n) is 40.5. The number of pyridine rings is 1. The number of carbonyl (C=O) groups excluding carboxylic acids is 5. The lowest BCUT2D eigenvalue weighted by Crippen LogP contribution is -2.54. The molecule has 4 aliphatic heterocycles. The number of hydrogen-bond acceptors (Lipinski definition) is 12. The standard InChI is InChI=1S/C42H48FN11O5/c1-49(2)40(58)32-21-26-22-45-42(48-37(26)53(32)27-5-3-4-6-27)46-33-11-7-28(23-44-33)51-15-13-25(14-16-51)24-50-17-19-52(20-18-50)30-9-8-29-35(36(30)43)41(59)54(39(29)57)31-10-12-34(55)47-38(31)56/h7-9,11,21-23,25,27,31H,3-6,10,12-20,24H2,1-2H3,(H,47,55,56)(H,44,45,46,48)/i17D2,18D2,19D2,20D2. The molecule has 1 saturated carbocycles. The van der Waals surface area contributed by atoms with Crippen molar-refractivity contribution in [3.8, 4) is 0 Å². The number of benzene rings is 1. The Morgan fingerprint density at radius 3 is 2.39 bits per heavy atom. The van der Waals surface area contributed by atoms with E-state index in [2.05, 4.69) is 15.3 Å². The van der Waals surface area contributed by atoms with Crippen molar-refractivity contribution in [3.63, 3.8) is 0 Å². The number of halogens is 1. The van der Waals surface area contributed by atoms with Crippen LogP contribution in [0.25, 0.3) is 11.0 Å². The summed E-state index contributed by atoms with van der Waals surface area (Å²) >= 11 is 0. The highest BCUT2D eigenvalue weighted by Crippen LogP contribution is 2.36. The van der Waals surface area contributed by atoms with Crippen molar-refractivity contribution in [1.82, 2.24) is 39.5 Å². The first-order valence-electron chi connectivity index (χ1n) is 23.8. The topological polar surface area (TPSA) is 169 Å². The van der Waals surface area contributed by atoms with E-state index >= 15 is 4.39 Å². The van der Waals surface area contributed by atoms with Gasteiger partial charge in [-0.3, -0.25) is 39.1 Å². The lowest BCUT2D eigenvalue weighted by atomic mass is 9.95. The molecule has 0 spiro atoms. The first-order chi connectivity index (χ1) is 31.6. The van der Waals surface area contributed by atoms with Gasteiger partial charge in [0.05, 0.1) is 34.2 Å². The highest BCUT2D eigenvalue weighted by Gasteiger charge is 2.46. The fourth-order valence-electron chi connectivity index (χ4n) is 8.56. The summed E-state index contributed by atoms with van der Waals surface area (Å²) in [5, 5.41) is 5.94. The van der Waals surface area contributed by atoms with E-state index in [1.807, 2.05) is 26.9 Å². The van der Waals surface area contributed by atoms with E-state index in [0.717, 1.165) is 48.9 Å². The maximum absolute atomic E-state index is 16.6. The average molecular weight is 814 g/mol. The Balaban J connectivity index is 0.882. The molecule has 3 saturated heterocycles. The van der Waals surface area contributed by atoms with E-state index in [4.69, 9.17) is 16.0 Å². The molecule has 0 radical (unpaired) electrons. The Kier molecular flexibility index (Phi) is 7.99. The van der Waals surface area contributed by atoms with Crippen molar-refractivity contribution in [2.45, 2.75) is 63.5 Å². The molecule has 1 atom stereocenters. The van der Waals surface area contributed by atoms with Crippen molar-refractivity contribution >= 4 is 63.7 Å². The number of anilines is 4. The molecule has 5 amide bonds. The van der Waals surface area contributed by atoms with Crippen LogP contribution in [0, 0.1) is 11.7 Å². The van der Waals surface area contributed by atoms with Crippen LogP contribution >= 0.6 is 0 Å². The quantitative estimate of drug-likeness (QED) is 0.234. The van der Waals surface area contributed by atoms with Gasteiger partial charge in [-0.05, 0) is 68.4 Å². The second kappa shape index (κ2) is 15.7. The van der Waals surface area contributed by atoms with E-state index in [1.165, 1.54) is 0 Å². The number of nitrogens with zero attached hydrogens (tertiary/aromatic N) is 9. The Morgan fingerprint density at radius 2 is 1.69 bits per heavy atom. The fraction of sp³-hybridized carbons (Fsp3) is 0.476. The molecule has 5 aliphatic rings. The Bertz CT molecular complexity index is 2680. The van der Waals surface area contributed by atoms with Gasteiger partial charge >= 0.3 is 0 Å². The normalized spacial score (nSPS) is 26.2. The minimum atomic E-state index is -3.47. The molecular weight excluding hydrogens is 758 g/mol. The molecule has 9 rings (SSSR count). The van der Waals surface area contributed by atoms with Crippen molar-refractivity contribution in [3.05, 3.63) is 65.4 Å². The number of amides is 5. The number of aromatic nitrogens is 4. The van der Waals surface area contributed by atoms with Crippen LogP contribution in [-0.4, -0.2) is 130 Å². The van der Waals surface area contributed by atoms with Crippen LogP contribution in [0.4, 0.5) is 27.5 Å². The van der Waals surface area contributed by atoms with Crippen LogP contribution in [0.2, 0.25) is 0 Å². The van der Waals surface area contributed by atoms with Gasteiger partial charge in [-0.1, -0.05) is 12.8 Å². The first-order valence-corrected chi connectivity index (χ1v) is 19.8. The zero-order valence-corrected chi connectivity index (χ0v) is 32.5. The molecule has 0 bridgehead atoms. The Hall–Kier alpha value is -5.97. The maximum Gasteiger partial charge on any atom is 0.270 e. The van der Waals surface area contributed by atoms with Crippen LogP contribution in [0.15, 0.2) is 42.7 Å². The van der Waals surface area contributed by atoms with E-state index in [9.17, 15) is 24.0 Å². The van der Waals surface area contributed by atoms with Gasteiger partial charge in [-0.25, -0.2) is 14.4 Å². The molecule has 4 fully saturated rings. The summed E-state index contributed by atoms with van der Waals surface area (Å²) in [6.07, 6.45) is 7.76.